The lowest BCUT2D eigenvalue weighted by atomic mass is 10.00. The van der Waals surface area contributed by atoms with Gasteiger partial charge in [-0.3, -0.25) is 4.98 Å². The molecule has 1 heterocycles. The van der Waals surface area contributed by atoms with Crippen LogP contribution in [0.1, 0.15) is 22.9 Å². The Morgan fingerprint density at radius 1 is 1.28 bits per heavy atom. The lowest BCUT2D eigenvalue weighted by molar-refractivity contribution is 0.383. The SMILES string of the molecule is COc1cccc(C(N)c2ccc(C)nc2)c1F. The molecule has 1 atom stereocenters. The largest absolute Gasteiger partial charge is 0.494 e. The number of ether oxygens (including phenoxy) is 1. The summed E-state index contributed by atoms with van der Waals surface area (Å²) >= 11 is 0. The van der Waals surface area contributed by atoms with Crippen LogP contribution in [0, 0.1) is 12.7 Å². The van der Waals surface area contributed by atoms with Crippen molar-refractivity contribution >= 4 is 0 Å². The Kier molecular flexibility index (Phi) is 3.58. The molecule has 0 aliphatic rings. The number of halogens is 1. The maximum atomic E-state index is 14.1. The number of pyridine rings is 1. The molecule has 0 amide bonds. The number of nitrogens with zero attached hydrogens (tertiary/aromatic N) is 1. The van der Waals surface area contributed by atoms with E-state index in [0.717, 1.165) is 11.3 Å². The van der Waals surface area contributed by atoms with Crippen LogP contribution in [0.2, 0.25) is 0 Å². The molecule has 2 aromatic rings. The average molecular weight is 246 g/mol. The van der Waals surface area contributed by atoms with Crippen molar-refractivity contribution < 1.29 is 9.13 Å². The molecular formula is C14H15FN2O. The van der Waals surface area contributed by atoms with E-state index in [4.69, 9.17) is 10.5 Å². The van der Waals surface area contributed by atoms with Crippen LogP contribution in [0.3, 0.4) is 0 Å². The average Bonchev–Trinajstić information content (AvgIpc) is 2.39. The van der Waals surface area contributed by atoms with Gasteiger partial charge in [0.25, 0.3) is 0 Å². The molecule has 0 aliphatic heterocycles. The second kappa shape index (κ2) is 5.14. The first-order valence-electron chi connectivity index (χ1n) is 5.64. The summed E-state index contributed by atoms with van der Waals surface area (Å²) in [5.74, 6) is -0.226. The fourth-order valence-electron chi connectivity index (χ4n) is 1.77. The Morgan fingerprint density at radius 3 is 2.67 bits per heavy atom. The summed E-state index contributed by atoms with van der Waals surface area (Å²) in [6.45, 7) is 1.89. The van der Waals surface area contributed by atoms with E-state index in [2.05, 4.69) is 4.98 Å². The molecular weight excluding hydrogens is 231 g/mol. The summed E-state index contributed by atoms with van der Waals surface area (Å²) < 4.78 is 19.0. The summed E-state index contributed by atoms with van der Waals surface area (Å²) in [4.78, 5) is 4.16. The van der Waals surface area contributed by atoms with Crippen LogP contribution in [0.25, 0.3) is 0 Å². The van der Waals surface area contributed by atoms with E-state index in [1.807, 2.05) is 19.1 Å². The number of benzene rings is 1. The van der Waals surface area contributed by atoms with E-state index >= 15 is 0 Å². The molecule has 2 N–H and O–H groups in total. The van der Waals surface area contributed by atoms with Crippen molar-refractivity contribution in [1.29, 1.82) is 0 Å². The molecule has 2 rings (SSSR count). The molecule has 0 bridgehead atoms. The highest BCUT2D eigenvalue weighted by Crippen LogP contribution is 2.27. The van der Waals surface area contributed by atoms with Gasteiger partial charge in [-0.15, -0.1) is 0 Å². The van der Waals surface area contributed by atoms with Gasteiger partial charge in [0.2, 0.25) is 0 Å². The fraction of sp³-hybridized carbons (Fsp3) is 0.214. The van der Waals surface area contributed by atoms with Crippen LogP contribution >= 0.6 is 0 Å². The third kappa shape index (κ3) is 2.33. The molecule has 1 aromatic heterocycles. The Balaban J connectivity index is 2.39. The molecule has 0 radical (unpaired) electrons. The van der Waals surface area contributed by atoms with Gasteiger partial charge in [-0.2, -0.15) is 0 Å². The molecule has 3 nitrogen and oxygen atoms in total. The summed E-state index contributed by atoms with van der Waals surface area (Å²) in [7, 11) is 1.43. The van der Waals surface area contributed by atoms with E-state index < -0.39 is 11.9 Å². The van der Waals surface area contributed by atoms with Gasteiger partial charge in [-0.25, -0.2) is 4.39 Å². The van der Waals surface area contributed by atoms with Crippen LogP contribution in [-0.4, -0.2) is 12.1 Å². The molecule has 94 valence electrons. The smallest absolute Gasteiger partial charge is 0.170 e. The lowest BCUT2D eigenvalue weighted by Crippen LogP contribution is -2.14. The van der Waals surface area contributed by atoms with Crippen molar-refractivity contribution in [3.05, 3.63) is 59.2 Å². The fourth-order valence-corrected chi connectivity index (χ4v) is 1.77. The van der Waals surface area contributed by atoms with Crippen molar-refractivity contribution in [3.8, 4) is 5.75 Å². The minimum absolute atomic E-state index is 0.197. The highest BCUT2D eigenvalue weighted by molar-refractivity contribution is 5.37. The van der Waals surface area contributed by atoms with Crippen LogP contribution in [-0.2, 0) is 0 Å². The molecule has 0 fully saturated rings. The second-order valence-corrected chi connectivity index (χ2v) is 4.07. The van der Waals surface area contributed by atoms with Crippen molar-refractivity contribution in [2.75, 3.05) is 7.11 Å². The Bertz CT molecular complexity index is 540. The first-order valence-corrected chi connectivity index (χ1v) is 5.64. The van der Waals surface area contributed by atoms with Crippen molar-refractivity contribution in [2.24, 2.45) is 5.73 Å². The van der Waals surface area contributed by atoms with Gasteiger partial charge in [-0.05, 0) is 24.6 Å². The monoisotopic (exact) mass is 246 g/mol. The first-order chi connectivity index (χ1) is 8.63. The standard InChI is InChI=1S/C14H15FN2O/c1-9-6-7-10(8-17-9)14(16)11-4-3-5-12(18-2)13(11)15/h3-8,14H,16H2,1-2H3. The van der Waals surface area contributed by atoms with Gasteiger partial charge in [0, 0.05) is 17.5 Å². The van der Waals surface area contributed by atoms with E-state index in [1.54, 1.807) is 24.4 Å². The van der Waals surface area contributed by atoms with Gasteiger partial charge in [0.1, 0.15) is 0 Å². The molecule has 0 saturated carbocycles. The molecule has 0 spiro atoms. The van der Waals surface area contributed by atoms with Crippen LogP contribution in [0.5, 0.6) is 5.75 Å². The number of hydrogen-bond donors (Lipinski definition) is 1. The zero-order chi connectivity index (χ0) is 13.1. The number of methoxy groups -OCH3 is 1. The van der Waals surface area contributed by atoms with E-state index in [9.17, 15) is 4.39 Å². The molecule has 0 saturated heterocycles. The molecule has 1 unspecified atom stereocenters. The highest BCUT2D eigenvalue weighted by atomic mass is 19.1. The summed E-state index contributed by atoms with van der Waals surface area (Å²) in [5.41, 5.74) is 8.13. The number of hydrogen-bond acceptors (Lipinski definition) is 3. The summed E-state index contributed by atoms with van der Waals surface area (Å²) in [6.07, 6.45) is 1.67. The topological polar surface area (TPSA) is 48.1 Å². The third-order valence-corrected chi connectivity index (χ3v) is 2.84. The number of nitrogens with two attached hydrogens (primary N) is 1. The minimum Gasteiger partial charge on any atom is -0.494 e. The Hall–Kier alpha value is -1.94. The zero-order valence-corrected chi connectivity index (χ0v) is 10.4. The van der Waals surface area contributed by atoms with Gasteiger partial charge in [-0.1, -0.05) is 18.2 Å². The van der Waals surface area contributed by atoms with Gasteiger partial charge in [0.15, 0.2) is 11.6 Å². The predicted octanol–water partition coefficient (Wildman–Crippen LogP) is 2.59. The molecule has 18 heavy (non-hydrogen) atoms. The number of rotatable bonds is 3. The number of aryl methyl sites for hydroxylation is 1. The minimum atomic E-state index is -0.548. The van der Waals surface area contributed by atoms with E-state index in [1.165, 1.54) is 7.11 Å². The maximum absolute atomic E-state index is 14.1. The summed E-state index contributed by atoms with van der Waals surface area (Å²) in [6, 6.07) is 8.10. The van der Waals surface area contributed by atoms with Crippen LogP contribution < -0.4 is 10.5 Å². The van der Waals surface area contributed by atoms with Gasteiger partial charge < -0.3 is 10.5 Å². The van der Waals surface area contributed by atoms with Gasteiger partial charge in [0.05, 0.1) is 13.2 Å². The van der Waals surface area contributed by atoms with Crippen LogP contribution in [0.4, 0.5) is 4.39 Å². The molecule has 1 aromatic carbocycles. The second-order valence-electron chi connectivity index (χ2n) is 4.07. The zero-order valence-electron chi connectivity index (χ0n) is 10.4. The quantitative estimate of drug-likeness (QED) is 0.905. The van der Waals surface area contributed by atoms with E-state index in [0.29, 0.717) is 5.56 Å². The molecule has 4 heteroatoms. The highest BCUT2D eigenvalue weighted by Gasteiger charge is 2.16. The van der Waals surface area contributed by atoms with Crippen LogP contribution in [0.15, 0.2) is 36.5 Å². The number of aromatic nitrogens is 1. The lowest BCUT2D eigenvalue weighted by Gasteiger charge is -2.14. The summed E-state index contributed by atoms with van der Waals surface area (Å²) in [5, 5.41) is 0. The first kappa shape index (κ1) is 12.5. The maximum Gasteiger partial charge on any atom is 0.170 e. The Labute approximate surface area is 105 Å². The van der Waals surface area contributed by atoms with Gasteiger partial charge >= 0.3 is 0 Å². The predicted molar refractivity (Wildman–Crippen MR) is 68.0 cm³/mol. The van der Waals surface area contributed by atoms with E-state index in [-0.39, 0.29) is 5.75 Å². The Morgan fingerprint density at radius 2 is 2.06 bits per heavy atom. The molecule has 0 aliphatic carbocycles. The normalized spacial score (nSPS) is 12.2. The van der Waals surface area contributed by atoms with Crippen molar-refractivity contribution in [3.63, 3.8) is 0 Å². The third-order valence-electron chi connectivity index (χ3n) is 2.84. The van der Waals surface area contributed by atoms with Crippen molar-refractivity contribution in [2.45, 2.75) is 13.0 Å². The van der Waals surface area contributed by atoms with Crippen molar-refractivity contribution in [1.82, 2.24) is 4.98 Å².